The van der Waals surface area contributed by atoms with E-state index < -0.39 is 38.5 Å². The largest absolute Gasteiger partial charge is 0.444 e. The van der Waals surface area contributed by atoms with Crippen molar-refractivity contribution in [2.24, 2.45) is 0 Å². The van der Waals surface area contributed by atoms with Crippen molar-refractivity contribution in [3.8, 4) is 0 Å². The zero-order valence-electron chi connectivity index (χ0n) is 13.4. The van der Waals surface area contributed by atoms with E-state index in [2.05, 4.69) is 4.72 Å². The highest BCUT2D eigenvalue weighted by Crippen LogP contribution is 2.18. The molecule has 1 aromatic rings. The minimum atomic E-state index is -3.96. The van der Waals surface area contributed by atoms with Gasteiger partial charge < -0.3 is 9.64 Å². The van der Waals surface area contributed by atoms with Crippen LogP contribution < -0.4 is 4.72 Å². The highest BCUT2D eigenvalue weighted by atomic mass is 32.2. The van der Waals surface area contributed by atoms with Crippen LogP contribution >= 0.6 is 0 Å². The molecule has 0 aromatic heterocycles. The molecular weight excluding hydrogens is 323 g/mol. The Hall–Kier alpha value is -1.67. The van der Waals surface area contributed by atoms with Gasteiger partial charge in [0.1, 0.15) is 16.3 Å². The Morgan fingerprint density at radius 2 is 2.00 bits per heavy atom. The number of hydrogen-bond acceptors (Lipinski definition) is 4. The summed E-state index contributed by atoms with van der Waals surface area (Å²) in [7, 11) is -3.96. The van der Waals surface area contributed by atoms with Crippen molar-refractivity contribution in [3.63, 3.8) is 0 Å². The summed E-state index contributed by atoms with van der Waals surface area (Å²) in [4.78, 5) is 13.0. The summed E-state index contributed by atoms with van der Waals surface area (Å²) in [5.74, 6) is -0.804. The second-order valence-corrected chi connectivity index (χ2v) is 8.15. The second-order valence-electron chi connectivity index (χ2n) is 6.46. The average Bonchev–Trinajstić information content (AvgIpc) is 2.85. The number of benzene rings is 1. The van der Waals surface area contributed by atoms with Crippen LogP contribution in [0.4, 0.5) is 9.18 Å². The maximum atomic E-state index is 13.6. The van der Waals surface area contributed by atoms with Crippen LogP contribution in [0.15, 0.2) is 29.2 Å². The lowest BCUT2D eigenvalue weighted by Gasteiger charge is -2.24. The minimum absolute atomic E-state index is 0.197. The first kappa shape index (κ1) is 17.7. The highest BCUT2D eigenvalue weighted by Gasteiger charge is 2.32. The molecule has 8 heteroatoms. The Bertz CT molecular complexity index is 685. The van der Waals surface area contributed by atoms with Crippen molar-refractivity contribution in [2.75, 3.05) is 13.1 Å². The average molecular weight is 344 g/mol. The molecule has 0 spiro atoms. The Balaban J connectivity index is 2.01. The molecule has 1 fully saturated rings. The van der Waals surface area contributed by atoms with Gasteiger partial charge in [-0.1, -0.05) is 12.1 Å². The van der Waals surface area contributed by atoms with Gasteiger partial charge in [-0.2, -0.15) is 0 Å². The third kappa shape index (κ3) is 4.65. The summed E-state index contributed by atoms with van der Waals surface area (Å²) >= 11 is 0. The van der Waals surface area contributed by atoms with E-state index in [0.29, 0.717) is 13.0 Å². The fraction of sp³-hybridized carbons (Fsp3) is 0.533. The molecule has 1 atom stereocenters. The van der Waals surface area contributed by atoms with Crippen LogP contribution in [0.2, 0.25) is 0 Å². The van der Waals surface area contributed by atoms with Crippen molar-refractivity contribution >= 4 is 16.1 Å². The lowest BCUT2D eigenvalue weighted by molar-refractivity contribution is 0.0292. The smallest absolute Gasteiger partial charge is 0.410 e. The number of carbonyl (C=O) groups is 1. The van der Waals surface area contributed by atoms with Crippen molar-refractivity contribution < 1.29 is 22.3 Å². The van der Waals surface area contributed by atoms with E-state index in [4.69, 9.17) is 4.74 Å². The molecule has 1 aromatic carbocycles. The van der Waals surface area contributed by atoms with E-state index in [1.807, 2.05) is 0 Å². The summed E-state index contributed by atoms with van der Waals surface area (Å²) in [6, 6.07) is 4.72. The number of carbonyl (C=O) groups excluding carboxylic acids is 1. The Morgan fingerprint density at radius 3 is 2.61 bits per heavy atom. The van der Waals surface area contributed by atoms with Gasteiger partial charge in [0.2, 0.25) is 10.0 Å². The highest BCUT2D eigenvalue weighted by molar-refractivity contribution is 7.89. The fourth-order valence-electron chi connectivity index (χ4n) is 2.29. The van der Waals surface area contributed by atoms with Gasteiger partial charge in [-0.05, 0) is 39.3 Å². The molecule has 1 aliphatic rings. The minimum Gasteiger partial charge on any atom is -0.444 e. The normalized spacial score (nSPS) is 19.0. The van der Waals surface area contributed by atoms with Gasteiger partial charge in [0.25, 0.3) is 0 Å². The summed E-state index contributed by atoms with van der Waals surface area (Å²) in [6.45, 7) is 5.87. The molecule has 23 heavy (non-hydrogen) atoms. The standard InChI is InChI=1S/C15H21FN2O4S/c1-15(2,3)22-14(19)18-9-8-11(10-18)17-23(20,21)13-7-5-4-6-12(13)16/h4-7,11,17H,8-10H2,1-3H3. The van der Waals surface area contributed by atoms with Crippen LogP contribution in [0, 0.1) is 5.82 Å². The number of sulfonamides is 1. The Labute approximate surface area is 135 Å². The molecule has 1 unspecified atom stereocenters. The Morgan fingerprint density at radius 1 is 1.35 bits per heavy atom. The first-order valence-corrected chi connectivity index (χ1v) is 8.81. The lowest BCUT2D eigenvalue weighted by atomic mass is 10.2. The maximum absolute atomic E-state index is 13.6. The van der Waals surface area contributed by atoms with Crippen LogP contribution in [-0.2, 0) is 14.8 Å². The molecule has 1 amide bonds. The van der Waals surface area contributed by atoms with Gasteiger partial charge in [-0.3, -0.25) is 0 Å². The first-order valence-electron chi connectivity index (χ1n) is 7.33. The molecule has 2 rings (SSSR count). The topological polar surface area (TPSA) is 75.7 Å². The molecule has 0 bridgehead atoms. The summed E-state index contributed by atoms with van der Waals surface area (Å²) < 4.78 is 45.8. The number of ether oxygens (including phenoxy) is 1. The number of amides is 1. The zero-order valence-corrected chi connectivity index (χ0v) is 14.2. The van der Waals surface area contributed by atoms with E-state index in [1.54, 1.807) is 20.8 Å². The lowest BCUT2D eigenvalue weighted by Crippen LogP contribution is -2.40. The van der Waals surface area contributed by atoms with Crippen molar-refractivity contribution in [3.05, 3.63) is 30.1 Å². The van der Waals surface area contributed by atoms with Crippen molar-refractivity contribution in [1.82, 2.24) is 9.62 Å². The predicted molar refractivity (Wildman–Crippen MR) is 82.9 cm³/mol. The molecule has 1 heterocycles. The van der Waals surface area contributed by atoms with Gasteiger partial charge in [0.15, 0.2) is 0 Å². The number of halogens is 1. The summed E-state index contributed by atoms with van der Waals surface area (Å²) in [6.07, 6.45) is -0.0301. The van der Waals surface area contributed by atoms with Crippen LogP contribution in [0.1, 0.15) is 27.2 Å². The van der Waals surface area contributed by atoms with Crippen LogP contribution in [0.3, 0.4) is 0 Å². The van der Waals surface area contributed by atoms with Gasteiger partial charge in [0.05, 0.1) is 0 Å². The molecule has 1 saturated heterocycles. The third-order valence-corrected chi connectivity index (χ3v) is 4.84. The molecule has 0 aliphatic carbocycles. The molecular formula is C15H21FN2O4S. The quantitative estimate of drug-likeness (QED) is 0.911. The monoisotopic (exact) mass is 344 g/mol. The molecule has 6 nitrogen and oxygen atoms in total. The zero-order chi connectivity index (χ0) is 17.3. The van der Waals surface area contributed by atoms with Crippen molar-refractivity contribution in [2.45, 2.75) is 43.7 Å². The second kappa shape index (κ2) is 6.45. The maximum Gasteiger partial charge on any atom is 0.410 e. The predicted octanol–water partition coefficient (Wildman–Crippen LogP) is 2.11. The van der Waals surface area contributed by atoms with Crippen molar-refractivity contribution in [1.29, 1.82) is 0 Å². The number of likely N-dealkylation sites (tertiary alicyclic amines) is 1. The molecule has 1 aliphatic heterocycles. The van der Waals surface area contributed by atoms with E-state index in [-0.39, 0.29) is 6.54 Å². The number of rotatable bonds is 3. The van der Waals surface area contributed by atoms with E-state index in [0.717, 1.165) is 6.07 Å². The number of hydrogen-bond donors (Lipinski definition) is 1. The molecule has 128 valence electrons. The summed E-state index contributed by atoms with van der Waals surface area (Å²) in [5.41, 5.74) is -0.609. The van der Waals surface area contributed by atoms with Gasteiger partial charge >= 0.3 is 6.09 Å². The third-order valence-electron chi connectivity index (χ3n) is 3.29. The summed E-state index contributed by atoms with van der Waals surface area (Å²) in [5, 5.41) is 0. The molecule has 0 radical (unpaired) electrons. The van der Waals surface area contributed by atoms with E-state index in [9.17, 15) is 17.6 Å². The van der Waals surface area contributed by atoms with Gasteiger partial charge in [0, 0.05) is 19.1 Å². The number of nitrogens with one attached hydrogen (secondary N) is 1. The fourth-order valence-corrected chi connectivity index (χ4v) is 3.64. The van der Waals surface area contributed by atoms with E-state index in [1.165, 1.54) is 23.1 Å². The SMILES string of the molecule is CC(C)(C)OC(=O)N1CCC(NS(=O)(=O)c2ccccc2F)C1. The number of nitrogens with zero attached hydrogens (tertiary/aromatic N) is 1. The first-order chi connectivity index (χ1) is 10.6. The Kier molecular flexibility index (Phi) is 4.95. The molecule has 0 saturated carbocycles. The van der Waals surface area contributed by atoms with Crippen LogP contribution in [0.25, 0.3) is 0 Å². The van der Waals surface area contributed by atoms with Crippen LogP contribution in [0.5, 0.6) is 0 Å². The van der Waals surface area contributed by atoms with Crippen LogP contribution in [-0.4, -0.2) is 44.1 Å². The van der Waals surface area contributed by atoms with Gasteiger partial charge in [-0.25, -0.2) is 22.3 Å². The van der Waals surface area contributed by atoms with Gasteiger partial charge in [-0.15, -0.1) is 0 Å². The molecule has 1 N–H and O–H groups in total. The van der Waals surface area contributed by atoms with E-state index >= 15 is 0 Å².